The van der Waals surface area contributed by atoms with Crippen molar-refractivity contribution in [2.45, 2.75) is 45.6 Å². The van der Waals surface area contributed by atoms with Gasteiger partial charge in [0.05, 0.1) is 12.6 Å². The SMILES string of the molecule is Cc1ccc(C(C)NC(=O)CN(C)S(=O)(=O)c2c(C)noc2C)cc1C. The van der Waals surface area contributed by atoms with E-state index in [0.717, 1.165) is 15.4 Å². The summed E-state index contributed by atoms with van der Waals surface area (Å²) < 4.78 is 31.2. The van der Waals surface area contributed by atoms with Gasteiger partial charge < -0.3 is 9.84 Å². The Kier molecular flexibility index (Phi) is 5.87. The molecule has 7 nitrogen and oxygen atoms in total. The Balaban J connectivity index is 2.08. The molecule has 0 aliphatic heterocycles. The maximum Gasteiger partial charge on any atom is 0.248 e. The second-order valence-corrected chi connectivity index (χ2v) is 8.53. The lowest BCUT2D eigenvalue weighted by molar-refractivity contribution is -0.121. The molecule has 1 N–H and O–H groups in total. The minimum atomic E-state index is -3.85. The van der Waals surface area contributed by atoms with Crippen molar-refractivity contribution in [3.63, 3.8) is 0 Å². The number of carbonyl (C=O) groups is 1. The van der Waals surface area contributed by atoms with Crippen LogP contribution in [0.3, 0.4) is 0 Å². The number of carbonyl (C=O) groups excluding carboxylic acids is 1. The third kappa shape index (κ3) is 4.13. The van der Waals surface area contributed by atoms with Crippen LogP contribution in [-0.4, -0.2) is 37.4 Å². The van der Waals surface area contributed by atoms with Crippen LogP contribution in [-0.2, 0) is 14.8 Å². The molecule has 1 heterocycles. The van der Waals surface area contributed by atoms with E-state index in [9.17, 15) is 13.2 Å². The average molecular weight is 379 g/mol. The Hall–Kier alpha value is -2.19. The molecule has 26 heavy (non-hydrogen) atoms. The van der Waals surface area contributed by atoms with Gasteiger partial charge in [0.2, 0.25) is 15.9 Å². The number of aromatic nitrogens is 1. The van der Waals surface area contributed by atoms with Gasteiger partial charge in [-0.05, 0) is 51.3 Å². The van der Waals surface area contributed by atoms with Gasteiger partial charge in [-0.2, -0.15) is 4.31 Å². The normalized spacial score (nSPS) is 13.0. The summed E-state index contributed by atoms with van der Waals surface area (Å²) in [4.78, 5) is 12.3. The second-order valence-electron chi connectivity index (χ2n) is 6.55. The first kappa shape index (κ1) is 20.1. The van der Waals surface area contributed by atoms with Gasteiger partial charge >= 0.3 is 0 Å². The number of likely N-dealkylation sites (N-methyl/N-ethyl adjacent to an activating group) is 1. The molecule has 0 fully saturated rings. The van der Waals surface area contributed by atoms with Crippen molar-refractivity contribution >= 4 is 15.9 Å². The Morgan fingerprint density at radius 1 is 1.23 bits per heavy atom. The van der Waals surface area contributed by atoms with Crippen LogP contribution in [0.5, 0.6) is 0 Å². The van der Waals surface area contributed by atoms with Crippen molar-refractivity contribution in [3.05, 3.63) is 46.3 Å². The molecule has 1 unspecified atom stereocenters. The molecule has 0 aliphatic carbocycles. The van der Waals surface area contributed by atoms with Crippen molar-refractivity contribution in [3.8, 4) is 0 Å². The number of benzene rings is 1. The van der Waals surface area contributed by atoms with Crippen LogP contribution in [0.25, 0.3) is 0 Å². The van der Waals surface area contributed by atoms with Gasteiger partial charge in [0, 0.05) is 7.05 Å². The first-order chi connectivity index (χ1) is 12.0. The summed E-state index contributed by atoms with van der Waals surface area (Å²) in [6, 6.07) is 5.75. The molecule has 0 spiro atoms. The Labute approximate surface area is 154 Å². The van der Waals surface area contributed by atoms with Gasteiger partial charge in [-0.15, -0.1) is 0 Å². The van der Waals surface area contributed by atoms with E-state index < -0.39 is 10.0 Å². The van der Waals surface area contributed by atoms with Crippen LogP contribution >= 0.6 is 0 Å². The predicted molar refractivity (Wildman–Crippen MR) is 98.3 cm³/mol. The molecule has 1 aromatic heterocycles. The summed E-state index contributed by atoms with van der Waals surface area (Å²) in [6.07, 6.45) is 0. The topological polar surface area (TPSA) is 92.5 Å². The van der Waals surface area contributed by atoms with Gasteiger partial charge in [0.15, 0.2) is 5.76 Å². The maximum atomic E-state index is 12.7. The number of rotatable bonds is 6. The quantitative estimate of drug-likeness (QED) is 0.832. The number of nitrogens with one attached hydrogen (secondary N) is 1. The first-order valence-electron chi connectivity index (χ1n) is 8.29. The maximum absolute atomic E-state index is 12.7. The fourth-order valence-corrected chi connectivity index (χ4v) is 4.10. The third-order valence-corrected chi connectivity index (χ3v) is 6.46. The van der Waals surface area contributed by atoms with Crippen LogP contribution in [0.2, 0.25) is 0 Å². The summed E-state index contributed by atoms with van der Waals surface area (Å²) in [5.74, 6) is -0.174. The van der Waals surface area contributed by atoms with Crippen molar-refractivity contribution in [2.75, 3.05) is 13.6 Å². The smallest absolute Gasteiger partial charge is 0.248 e. The monoisotopic (exact) mass is 379 g/mol. The molecule has 0 radical (unpaired) electrons. The van der Waals surface area contributed by atoms with Crippen LogP contribution in [0.15, 0.2) is 27.6 Å². The molecule has 1 amide bonds. The molecule has 2 aromatic rings. The summed E-state index contributed by atoms with van der Waals surface area (Å²) in [5, 5.41) is 6.50. The fourth-order valence-electron chi connectivity index (χ4n) is 2.69. The molecule has 142 valence electrons. The van der Waals surface area contributed by atoms with Crippen LogP contribution in [0.1, 0.15) is 41.1 Å². The number of hydrogen-bond donors (Lipinski definition) is 1. The van der Waals surface area contributed by atoms with Crippen LogP contribution < -0.4 is 5.32 Å². The van der Waals surface area contributed by atoms with Gasteiger partial charge in [0.25, 0.3) is 0 Å². The number of nitrogens with zero attached hydrogens (tertiary/aromatic N) is 2. The zero-order valence-electron chi connectivity index (χ0n) is 16.0. The highest BCUT2D eigenvalue weighted by atomic mass is 32.2. The number of sulfonamides is 1. The number of amides is 1. The summed E-state index contributed by atoms with van der Waals surface area (Å²) in [7, 11) is -2.49. The number of aryl methyl sites for hydroxylation is 4. The van der Waals surface area contributed by atoms with Crippen molar-refractivity contribution in [1.29, 1.82) is 0 Å². The standard InChI is InChI=1S/C18H25N3O4S/c1-11-7-8-16(9-12(11)2)13(3)19-17(22)10-21(6)26(23,24)18-14(4)20-25-15(18)5/h7-9,13H,10H2,1-6H3,(H,19,22). The molecule has 0 bridgehead atoms. The third-order valence-electron chi connectivity index (χ3n) is 4.41. The number of hydrogen-bond acceptors (Lipinski definition) is 5. The van der Waals surface area contributed by atoms with E-state index in [1.165, 1.54) is 19.5 Å². The van der Waals surface area contributed by atoms with Gasteiger partial charge in [0.1, 0.15) is 10.6 Å². The average Bonchev–Trinajstić information content (AvgIpc) is 2.89. The zero-order chi connectivity index (χ0) is 19.6. The lowest BCUT2D eigenvalue weighted by Gasteiger charge is -2.19. The van der Waals surface area contributed by atoms with E-state index in [1.54, 1.807) is 6.92 Å². The molecule has 0 saturated carbocycles. The molecular weight excluding hydrogens is 354 g/mol. The zero-order valence-corrected chi connectivity index (χ0v) is 16.8. The Morgan fingerprint density at radius 3 is 2.42 bits per heavy atom. The lowest BCUT2D eigenvalue weighted by atomic mass is 10.0. The second kappa shape index (κ2) is 7.59. The van der Waals surface area contributed by atoms with Crippen LogP contribution in [0, 0.1) is 27.7 Å². The van der Waals surface area contributed by atoms with Gasteiger partial charge in [-0.25, -0.2) is 8.42 Å². The molecule has 8 heteroatoms. The Bertz CT molecular complexity index is 899. The van der Waals surface area contributed by atoms with E-state index in [4.69, 9.17) is 4.52 Å². The minimum absolute atomic E-state index is 0.00927. The molecule has 0 saturated heterocycles. The molecule has 2 rings (SSSR count). The highest BCUT2D eigenvalue weighted by molar-refractivity contribution is 7.89. The summed E-state index contributed by atoms with van der Waals surface area (Å²) in [6.45, 7) is 8.70. The van der Waals surface area contributed by atoms with Gasteiger partial charge in [-0.1, -0.05) is 23.4 Å². The molecule has 1 aromatic carbocycles. The van der Waals surface area contributed by atoms with E-state index in [2.05, 4.69) is 10.5 Å². The van der Waals surface area contributed by atoms with E-state index in [1.807, 2.05) is 39.0 Å². The highest BCUT2D eigenvalue weighted by Gasteiger charge is 2.30. The molecule has 0 aliphatic rings. The predicted octanol–water partition coefficient (Wildman–Crippen LogP) is 2.41. The van der Waals surface area contributed by atoms with E-state index in [-0.39, 0.29) is 34.8 Å². The van der Waals surface area contributed by atoms with Gasteiger partial charge in [-0.3, -0.25) is 4.79 Å². The summed E-state index contributed by atoms with van der Waals surface area (Å²) in [5.41, 5.74) is 3.57. The largest absolute Gasteiger partial charge is 0.360 e. The van der Waals surface area contributed by atoms with Crippen molar-refractivity contribution in [1.82, 2.24) is 14.8 Å². The van der Waals surface area contributed by atoms with Crippen molar-refractivity contribution < 1.29 is 17.7 Å². The lowest BCUT2D eigenvalue weighted by Crippen LogP contribution is -2.39. The fraction of sp³-hybridized carbons (Fsp3) is 0.444. The Morgan fingerprint density at radius 2 is 1.88 bits per heavy atom. The highest BCUT2D eigenvalue weighted by Crippen LogP contribution is 2.22. The van der Waals surface area contributed by atoms with Crippen LogP contribution in [0.4, 0.5) is 0 Å². The first-order valence-corrected chi connectivity index (χ1v) is 9.73. The van der Waals surface area contributed by atoms with Crippen molar-refractivity contribution in [2.24, 2.45) is 0 Å². The molecular formula is C18H25N3O4S. The van der Waals surface area contributed by atoms with E-state index >= 15 is 0 Å². The summed E-state index contributed by atoms with van der Waals surface area (Å²) >= 11 is 0. The van der Waals surface area contributed by atoms with E-state index in [0.29, 0.717) is 0 Å². The molecule has 1 atom stereocenters. The minimum Gasteiger partial charge on any atom is -0.360 e.